The number of aromatic hydroxyl groups is 2. The second-order valence-electron chi connectivity index (χ2n) is 11.5. The van der Waals surface area contributed by atoms with Gasteiger partial charge in [-0.2, -0.15) is 0 Å². The number of ether oxygens (including phenoxy) is 4. The van der Waals surface area contributed by atoms with Crippen molar-refractivity contribution in [3.63, 3.8) is 0 Å². The molecule has 0 saturated carbocycles. The van der Waals surface area contributed by atoms with Crippen LogP contribution in [0.15, 0.2) is 48.5 Å². The number of carbonyl (C=O) groups excluding carboxylic acids is 4. The lowest BCUT2D eigenvalue weighted by Crippen LogP contribution is -2.20. The summed E-state index contributed by atoms with van der Waals surface area (Å²) in [7, 11) is 0. The number of phenolic OH excluding ortho intramolecular Hbond substituents is 2. The molecule has 0 unspecified atom stereocenters. The number of hydrogen-bond acceptors (Lipinski definition) is 10. The molecule has 0 spiro atoms. The van der Waals surface area contributed by atoms with Crippen molar-refractivity contribution in [1.82, 2.24) is 0 Å². The first-order valence-electron chi connectivity index (χ1n) is 13.0. The van der Waals surface area contributed by atoms with E-state index in [2.05, 4.69) is 0 Å². The summed E-state index contributed by atoms with van der Waals surface area (Å²) in [6, 6.07) is 11.5. The van der Waals surface area contributed by atoms with Gasteiger partial charge >= 0.3 is 11.9 Å². The third-order valence-electron chi connectivity index (χ3n) is 6.11. The highest BCUT2D eigenvalue weighted by Crippen LogP contribution is 2.37. The Morgan fingerprint density at radius 3 is 1.26 bits per heavy atom. The van der Waals surface area contributed by atoms with E-state index in [1.165, 1.54) is 48.5 Å². The van der Waals surface area contributed by atoms with Crippen LogP contribution in [-0.4, -0.2) is 47.9 Å². The Morgan fingerprint density at radius 2 is 0.976 bits per heavy atom. The lowest BCUT2D eigenvalue weighted by atomic mass is 9.85. The van der Waals surface area contributed by atoms with Crippen molar-refractivity contribution in [3.8, 4) is 34.5 Å². The molecule has 222 valence electrons. The van der Waals surface area contributed by atoms with Crippen LogP contribution in [0.5, 0.6) is 34.5 Å². The van der Waals surface area contributed by atoms with Gasteiger partial charge in [0.1, 0.15) is 34.5 Å². The van der Waals surface area contributed by atoms with E-state index in [1.54, 1.807) is 0 Å². The normalized spacial score (nSPS) is 11.4. The molecule has 0 bridgehead atoms. The molecule has 3 rings (SSSR count). The quantitative estimate of drug-likeness (QED) is 0.185. The van der Waals surface area contributed by atoms with Crippen molar-refractivity contribution < 1.29 is 48.3 Å². The highest BCUT2D eigenvalue weighted by Gasteiger charge is 2.23. The minimum absolute atomic E-state index is 0.0131. The largest absolute Gasteiger partial charge is 0.508 e. The first kappa shape index (κ1) is 31.7. The van der Waals surface area contributed by atoms with E-state index >= 15 is 0 Å². The number of benzene rings is 3. The van der Waals surface area contributed by atoms with Gasteiger partial charge in [-0.3, -0.25) is 9.59 Å². The number of hydrogen-bond donors (Lipinski definition) is 2. The lowest BCUT2D eigenvalue weighted by Gasteiger charge is -2.22. The number of phenols is 2. The topological polar surface area (TPSA) is 146 Å². The molecule has 0 atom stereocenters. The third-order valence-corrected chi connectivity index (χ3v) is 6.11. The minimum atomic E-state index is -0.759. The Labute approximate surface area is 243 Å². The van der Waals surface area contributed by atoms with E-state index < -0.39 is 36.0 Å². The van der Waals surface area contributed by atoms with Crippen LogP contribution in [0.4, 0.5) is 0 Å². The molecule has 0 fully saturated rings. The minimum Gasteiger partial charge on any atom is -0.508 e. The molecule has 0 radical (unpaired) electrons. The molecule has 0 amide bonds. The smallest absolute Gasteiger partial charge is 0.349 e. The SMILES string of the molecule is CC(C)(C)c1cc(OC(=O)COc2ccc(OCC(=O)Oc3cc(C(C)(C)C)c(O)cc3C=O)cc2)c(C=O)cc1O. The Hall–Kier alpha value is -4.86. The average Bonchev–Trinajstić information content (AvgIpc) is 2.91. The van der Waals surface area contributed by atoms with Gasteiger partial charge in [0.25, 0.3) is 0 Å². The van der Waals surface area contributed by atoms with Crippen LogP contribution in [0.1, 0.15) is 73.4 Å². The van der Waals surface area contributed by atoms with Crippen molar-refractivity contribution in [1.29, 1.82) is 0 Å². The van der Waals surface area contributed by atoms with Crippen LogP contribution >= 0.6 is 0 Å². The Bertz CT molecular complexity index is 1360. The summed E-state index contributed by atoms with van der Waals surface area (Å²) in [5.74, 6) is -1.01. The highest BCUT2D eigenvalue weighted by molar-refractivity contribution is 5.85. The van der Waals surface area contributed by atoms with Crippen LogP contribution in [0, 0.1) is 0 Å². The molecule has 0 aromatic heterocycles. The van der Waals surface area contributed by atoms with Crippen molar-refractivity contribution in [2.45, 2.75) is 52.4 Å². The van der Waals surface area contributed by atoms with Crippen LogP contribution in [0.2, 0.25) is 0 Å². The summed E-state index contributed by atoms with van der Waals surface area (Å²) in [5.41, 5.74) is 0.163. The molecule has 3 aromatic carbocycles. The predicted octanol–water partition coefficient (Wildman–Crippen LogP) is 5.29. The fourth-order valence-corrected chi connectivity index (χ4v) is 3.95. The maximum atomic E-state index is 12.4. The molecule has 0 heterocycles. The fraction of sp³-hybridized carbons (Fsp3) is 0.312. The maximum Gasteiger partial charge on any atom is 0.349 e. The van der Waals surface area contributed by atoms with E-state index in [0.29, 0.717) is 35.2 Å². The summed E-state index contributed by atoms with van der Waals surface area (Å²) in [6.07, 6.45) is 0.971. The molecule has 2 N–H and O–H groups in total. The van der Waals surface area contributed by atoms with Crippen LogP contribution in [0.3, 0.4) is 0 Å². The summed E-state index contributed by atoms with van der Waals surface area (Å²) in [6.45, 7) is 10.3. The van der Waals surface area contributed by atoms with Gasteiger partial charge in [0.05, 0.1) is 11.1 Å². The molecule has 10 heteroatoms. The summed E-state index contributed by atoms with van der Waals surface area (Å²) in [4.78, 5) is 47.6. The number of carbonyl (C=O) groups is 4. The Kier molecular flexibility index (Phi) is 9.62. The molecule has 10 nitrogen and oxygen atoms in total. The average molecular weight is 579 g/mol. The van der Waals surface area contributed by atoms with Gasteiger partial charge in [-0.25, -0.2) is 9.59 Å². The second-order valence-corrected chi connectivity index (χ2v) is 11.5. The number of rotatable bonds is 10. The van der Waals surface area contributed by atoms with Crippen molar-refractivity contribution in [2.24, 2.45) is 0 Å². The zero-order chi connectivity index (χ0) is 31.2. The number of esters is 2. The van der Waals surface area contributed by atoms with Gasteiger partial charge in [0, 0.05) is 11.1 Å². The molecule has 0 saturated heterocycles. The van der Waals surface area contributed by atoms with E-state index in [-0.39, 0.29) is 34.1 Å². The van der Waals surface area contributed by atoms with Gasteiger partial charge in [-0.1, -0.05) is 41.5 Å². The Balaban J connectivity index is 1.56. The zero-order valence-corrected chi connectivity index (χ0v) is 24.3. The zero-order valence-electron chi connectivity index (χ0n) is 24.3. The van der Waals surface area contributed by atoms with Crippen LogP contribution < -0.4 is 18.9 Å². The molecule has 3 aromatic rings. The number of aldehydes is 2. The van der Waals surface area contributed by atoms with Gasteiger partial charge in [0.15, 0.2) is 25.8 Å². The van der Waals surface area contributed by atoms with E-state index in [9.17, 15) is 29.4 Å². The Morgan fingerprint density at radius 1 is 0.643 bits per heavy atom. The van der Waals surface area contributed by atoms with Gasteiger partial charge in [-0.15, -0.1) is 0 Å². The van der Waals surface area contributed by atoms with E-state index in [0.717, 1.165) is 0 Å². The van der Waals surface area contributed by atoms with Crippen molar-refractivity contribution in [2.75, 3.05) is 13.2 Å². The maximum absolute atomic E-state index is 12.4. The second kappa shape index (κ2) is 12.8. The molecule has 0 aliphatic rings. The molecule has 0 aliphatic heterocycles. The van der Waals surface area contributed by atoms with Gasteiger partial charge in [0.2, 0.25) is 0 Å². The standard InChI is InChI=1S/C32H34O10/c1-31(2,3)23-13-27(19(15-33)11-25(23)35)41-29(37)17-39-21-7-9-22(10-8-21)40-18-30(38)42-28-14-24(32(4,5)6)26(36)12-20(28)16-34/h7-16,35-36H,17-18H2,1-6H3. The van der Waals surface area contributed by atoms with Gasteiger partial charge in [-0.05, 0) is 59.4 Å². The predicted molar refractivity (Wildman–Crippen MR) is 153 cm³/mol. The summed E-state index contributed by atoms with van der Waals surface area (Å²) in [5, 5.41) is 20.4. The first-order valence-corrected chi connectivity index (χ1v) is 13.0. The van der Waals surface area contributed by atoms with Crippen LogP contribution in [0.25, 0.3) is 0 Å². The molecule has 0 aliphatic carbocycles. The van der Waals surface area contributed by atoms with Crippen LogP contribution in [-0.2, 0) is 20.4 Å². The van der Waals surface area contributed by atoms with E-state index in [4.69, 9.17) is 18.9 Å². The van der Waals surface area contributed by atoms with E-state index in [1.807, 2.05) is 41.5 Å². The van der Waals surface area contributed by atoms with Crippen molar-refractivity contribution in [3.05, 3.63) is 70.8 Å². The monoisotopic (exact) mass is 578 g/mol. The molecular weight excluding hydrogens is 544 g/mol. The van der Waals surface area contributed by atoms with Gasteiger partial charge < -0.3 is 29.2 Å². The van der Waals surface area contributed by atoms with Crippen molar-refractivity contribution >= 4 is 24.5 Å². The lowest BCUT2D eigenvalue weighted by molar-refractivity contribution is -0.137. The first-order chi connectivity index (χ1) is 19.6. The molecule has 42 heavy (non-hydrogen) atoms. The summed E-state index contributed by atoms with van der Waals surface area (Å²) < 4.78 is 21.5. The molecular formula is C32H34O10. The third kappa shape index (κ3) is 8.09. The highest BCUT2D eigenvalue weighted by atomic mass is 16.6. The summed E-state index contributed by atoms with van der Waals surface area (Å²) >= 11 is 0. The fourth-order valence-electron chi connectivity index (χ4n) is 3.95.